The maximum absolute atomic E-state index is 12.5. The normalized spacial score (nSPS) is 20.2. The Hall–Kier alpha value is -2.70. The highest BCUT2D eigenvalue weighted by atomic mass is 19.3. The number of hydrogen-bond donors (Lipinski definition) is 2. The molecular formula is C21H22F2N2O3. The second-order valence-electron chi connectivity index (χ2n) is 7.51. The van der Waals surface area contributed by atoms with Crippen molar-refractivity contribution in [1.82, 2.24) is 10.3 Å². The minimum absolute atomic E-state index is 0.0149. The lowest BCUT2D eigenvalue weighted by atomic mass is 9.88. The van der Waals surface area contributed by atoms with E-state index in [1.807, 2.05) is 12.1 Å². The molecule has 4 rings (SSSR count). The SMILES string of the molecule is O=C1CCC(CC(c2ccc(OC(F)F)cc2)c2ccc(C3CC3)c(=O)[nH]2)N1. The lowest BCUT2D eigenvalue weighted by molar-refractivity contribution is -0.119. The van der Waals surface area contributed by atoms with Gasteiger partial charge in [-0.1, -0.05) is 18.2 Å². The zero-order valence-electron chi connectivity index (χ0n) is 15.3. The number of carbonyl (C=O) groups is 1. The lowest BCUT2D eigenvalue weighted by Gasteiger charge is -2.22. The Morgan fingerprint density at radius 2 is 1.79 bits per heavy atom. The predicted octanol–water partition coefficient (Wildman–Crippen LogP) is 3.65. The Morgan fingerprint density at radius 1 is 1.04 bits per heavy atom. The molecule has 2 aliphatic rings. The Labute approximate surface area is 161 Å². The predicted molar refractivity (Wildman–Crippen MR) is 99.7 cm³/mol. The molecule has 28 heavy (non-hydrogen) atoms. The summed E-state index contributed by atoms with van der Waals surface area (Å²) in [5, 5.41) is 2.96. The number of benzene rings is 1. The maximum Gasteiger partial charge on any atom is 0.387 e. The fourth-order valence-corrected chi connectivity index (χ4v) is 3.88. The molecule has 0 spiro atoms. The summed E-state index contributed by atoms with van der Waals surface area (Å²) in [6.07, 6.45) is 3.96. The summed E-state index contributed by atoms with van der Waals surface area (Å²) in [6, 6.07) is 10.3. The van der Waals surface area contributed by atoms with Gasteiger partial charge in [0.1, 0.15) is 5.75 Å². The van der Waals surface area contributed by atoms with E-state index in [0.717, 1.165) is 36.1 Å². The Balaban J connectivity index is 1.62. The smallest absolute Gasteiger partial charge is 0.387 e. The van der Waals surface area contributed by atoms with Crippen LogP contribution in [0.3, 0.4) is 0 Å². The summed E-state index contributed by atoms with van der Waals surface area (Å²) in [6.45, 7) is -2.87. The number of carbonyl (C=O) groups excluding carboxylic acids is 1. The van der Waals surface area contributed by atoms with Crippen molar-refractivity contribution in [2.24, 2.45) is 0 Å². The maximum atomic E-state index is 12.5. The van der Waals surface area contributed by atoms with Crippen LogP contribution in [-0.4, -0.2) is 23.5 Å². The quantitative estimate of drug-likeness (QED) is 0.761. The molecule has 2 fully saturated rings. The van der Waals surface area contributed by atoms with Crippen LogP contribution < -0.4 is 15.6 Å². The second kappa shape index (κ2) is 7.73. The van der Waals surface area contributed by atoms with E-state index in [1.165, 1.54) is 12.1 Å². The first-order valence-corrected chi connectivity index (χ1v) is 9.57. The van der Waals surface area contributed by atoms with Gasteiger partial charge in [-0.15, -0.1) is 0 Å². The standard InChI is InChI=1S/C21H22F2N2O3/c22-21(23)28-15-6-3-13(4-7-15)17(11-14-5-10-19(26)24-14)18-9-8-16(12-1-2-12)20(27)25-18/h3-4,6-9,12,14,17,21H,1-2,5,10-11H2,(H,24,26)(H,25,27). The summed E-state index contributed by atoms with van der Waals surface area (Å²) in [4.78, 5) is 27.1. The molecule has 1 aliphatic heterocycles. The summed E-state index contributed by atoms with van der Waals surface area (Å²) in [5.41, 5.74) is 2.38. The molecule has 1 aromatic carbocycles. The highest BCUT2D eigenvalue weighted by Gasteiger charge is 2.29. The van der Waals surface area contributed by atoms with E-state index in [0.29, 0.717) is 18.8 Å². The molecule has 1 aromatic heterocycles. The number of rotatable bonds is 7. The average Bonchev–Trinajstić information content (AvgIpc) is 3.41. The highest BCUT2D eigenvalue weighted by Crippen LogP contribution is 2.39. The first-order valence-electron chi connectivity index (χ1n) is 9.57. The number of amides is 1. The van der Waals surface area contributed by atoms with Gasteiger partial charge < -0.3 is 15.0 Å². The van der Waals surface area contributed by atoms with Crippen molar-refractivity contribution in [2.75, 3.05) is 0 Å². The number of aromatic amines is 1. The van der Waals surface area contributed by atoms with Gasteiger partial charge in [-0.2, -0.15) is 8.78 Å². The number of halogens is 2. The van der Waals surface area contributed by atoms with Crippen LogP contribution in [0.4, 0.5) is 8.78 Å². The summed E-state index contributed by atoms with van der Waals surface area (Å²) in [5.74, 6) is 0.312. The number of aromatic nitrogens is 1. The second-order valence-corrected chi connectivity index (χ2v) is 7.51. The Bertz CT molecular complexity index is 907. The van der Waals surface area contributed by atoms with Gasteiger partial charge in [-0.25, -0.2) is 0 Å². The van der Waals surface area contributed by atoms with Gasteiger partial charge in [0.15, 0.2) is 0 Å². The van der Waals surface area contributed by atoms with Crippen molar-refractivity contribution >= 4 is 5.91 Å². The van der Waals surface area contributed by atoms with E-state index in [4.69, 9.17) is 0 Å². The molecule has 0 bridgehead atoms. The monoisotopic (exact) mass is 388 g/mol. The third-order valence-corrected chi connectivity index (χ3v) is 5.47. The van der Waals surface area contributed by atoms with Crippen LogP contribution in [0.5, 0.6) is 5.75 Å². The van der Waals surface area contributed by atoms with E-state index in [-0.39, 0.29) is 29.2 Å². The highest BCUT2D eigenvalue weighted by molar-refractivity contribution is 5.78. The fourth-order valence-electron chi connectivity index (χ4n) is 3.88. The van der Waals surface area contributed by atoms with Gasteiger partial charge in [0.25, 0.3) is 5.56 Å². The third-order valence-electron chi connectivity index (χ3n) is 5.47. The van der Waals surface area contributed by atoms with Gasteiger partial charge in [-0.3, -0.25) is 9.59 Å². The molecule has 2 N–H and O–H groups in total. The van der Waals surface area contributed by atoms with Crippen LogP contribution in [0.1, 0.15) is 60.8 Å². The van der Waals surface area contributed by atoms with Crippen LogP contribution in [0, 0.1) is 0 Å². The van der Waals surface area contributed by atoms with E-state index in [9.17, 15) is 18.4 Å². The largest absolute Gasteiger partial charge is 0.435 e. The molecule has 2 heterocycles. The molecule has 1 saturated heterocycles. The van der Waals surface area contributed by atoms with Gasteiger partial charge in [0.2, 0.25) is 5.91 Å². The van der Waals surface area contributed by atoms with Crippen molar-refractivity contribution in [2.45, 2.75) is 56.6 Å². The Kier molecular flexibility index (Phi) is 5.15. The number of ether oxygens (including phenoxy) is 1. The van der Waals surface area contributed by atoms with Crippen molar-refractivity contribution in [3.8, 4) is 5.75 Å². The molecule has 148 valence electrons. The van der Waals surface area contributed by atoms with Crippen LogP contribution in [0.15, 0.2) is 41.2 Å². The van der Waals surface area contributed by atoms with Crippen LogP contribution >= 0.6 is 0 Å². The topological polar surface area (TPSA) is 71.2 Å². The van der Waals surface area contributed by atoms with Crippen LogP contribution in [0.25, 0.3) is 0 Å². The number of alkyl halides is 2. The average molecular weight is 388 g/mol. The van der Waals surface area contributed by atoms with Gasteiger partial charge in [0.05, 0.1) is 0 Å². The first kappa shape index (κ1) is 18.7. The van der Waals surface area contributed by atoms with Gasteiger partial charge in [0, 0.05) is 29.6 Å². The number of pyridine rings is 1. The van der Waals surface area contributed by atoms with Crippen LogP contribution in [0.2, 0.25) is 0 Å². The molecule has 2 atom stereocenters. The summed E-state index contributed by atoms with van der Waals surface area (Å²) in [7, 11) is 0. The van der Waals surface area contributed by atoms with E-state index >= 15 is 0 Å². The van der Waals surface area contributed by atoms with Crippen molar-refractivity contribution in [3.63, 3.8) is 0 Å². The van der Waals surface area contributed by atoms with Crippen molar-refractivity contribution < 1.29 is 18.3 Å². The lowest BCUT2D eigenvalue weighted by Crippen LogP contribution is -2.28. The van der Waals surface area contributed by atoms with Crippen LogP contribution in [-0.2, 0) is 4.79 Å². The molecule has 1 aliphatic carbocycles. The Morgan fingerprint density at radius 3 is 2.36 bits per heavy atom. The third kappa shape index (κ3) is 4.24. The fraction of sp³-hybridized carbons (Fsp3) is 0.429. The zero-order valence-corrected chi connectivity index (χ0v) is 15.3. The minimum atomic E-state index is -2.87. The molecular weight excluding hydrogens is 366 g/mol. The number of nitrogens with one attached hydrogen (secondary N) is 2. The number of hydrogen-bond acceptors (Lipinski definition) is 3. The van der Waals surface area contributed by atoms with E-state index in [1.54, 1.807) is 12.1 Å². The summed E-state index contributed by atoms with van der Waals surface area (Å²) >= 11 is 0. The molecule has 1 saturated carbocycles. The van der Waals surface area contributed by atoms with Gasteiger partial charge in [-0.05, 0) is 55.4 Å². The minimum Gasteiger partial charge on any atom is -0.435 e. The van der Waals surface area contributed by atoms with Crippen molar-refractivity contribution in [1.29, 1.82) is 0 Å². The molecule has 2 aromatic rings. The van der Waals surface area contributed by atoms with Gasteiger partial charge >= 0.3 is 6.61 Å². The summed E-state index contributed by atoms with van der Waals surface area (Å²) < 4.78 is 29.2. The molecule has 7 heteroatoms. The first-order chi connectivity index (χ1) is 13.5. The van der Waals surface area contributed by atoms with E-state index < -0.39 is 6.61 Å². The van der Waals surface area contributed by atoms with E-state index in [2.05, 4.69) is 15.0 Å². The molecule has 1 amide bonds. The molecule has 0 radical (unpaired) electrons. The van der Waals surface area contributed by atoms with Crippen molar-refractivity contribution in [3.05, 3.63) is 63.6 Å². The molecule has 2 unspecified atom stereocenters. The number of H-pyrrole nitrogens is 1. The zero-order chi connectivity index (χ0) is 19.7. The molecule has 5 nitrogen and oxygen atoms in total.